The lowest BCUT2D eigenvalue weighted by atomic mass is 10.4. The SMILES string of the molecule is CC#CCNC(=O)NCc1cn(CC(=O)O)nn1. The van der Waals surface area contributed by atoms with E-state index in [1.54, 1.807) is 6.92 Å². The highest BCUT2D eigenvalue weighted by atomic mass is 16.4. The van der Waals surface area contributed by atoms with Crippen LogP contribution in [0.4, 0.5) is 4.79 Å². The lowest BCUT2D eigenvalue weighted by Crippen LogP contribution is -2.35. The van der Waals surface area contributed by atoms with Crippen molar-refractivity contribution in [2.75, 3.05) is 6.54 Å². The molecule has 1 aromatic rings. The number of carbonyl (C=O) groups is 2. The van der Waals surface area contributed by atoms with Gasteiger partial charge in [0.25, 0.3) is 0 Å². The van der Waals surface area contributed by atoms with Gasteiger partial charge in [0.05, 0.1) is 19.3 Å². The molecule has 1 heterocycles. The van der Waals surface area contributed by atoms with Gasteiger partial charge in [0.15, 0.2) is 0 Å². The summed E-state index contributed by atoms with van der Waals surface area (Å²) in [5.41, 5.74) is 0.480. The maximum Gasteiger partial charge on any atom is 0.325 e. The first kappa shape index (κ1) is 13.5. The number of nitrogens with zero attached hydrogens (tertiary/aromatic N) is 3. The number of urea groups is 1. The Bertz CT molecular complexity index is 485. The molecule has 8 nitrogen and oxygen atoms in total. The lowest BCUT2D eigenvalue weighted by molar-refractivity contribution is -0.137. The van der Waals surface area contributed by atoms with Gasteiger partial charge in [-0.15, -0.1) is 11.0 Å². The molecule has 0 aliphatic heterocycles. The van der Waals surface area contributed by atoms with E-state index >= 15 is 0 Å². The van der Waals surface area contributed by atoms with E-state index in [2.05, 4.69) is 32.8 Å². The highest BCUT2D eigenvalue weighted by Gasteiger charge is 2.05. The normalized spacial score (nSPS) is 9.17. The van der Waals surface area contributed by atoms with Crippen molar-refractivity contribution >= 4 is 12.0 Å². The van der Waals surface area contributed by atoms with Gasteiger partial charge >= 0.3 is 12.0 Å². The molecular formula is C10H13N5O3. The van der Waals surface area contributed by atoms with Gasteiger partial charge in [-0.1, -0.05) is 11.1 Å². The number of amides is 2. The van der Waals surface area contributed by atoms with E-state index < -0.39 is 5.97 Å². The molecule has 0 aliphatic carbocycles. The van der Waals surface area contributed by atoms with E-state index in [1.165, 1.54) is 10.9 Å². The summed E-state index contributed by atoms with van der Waals surface area (Å²) in [5.74, 6) is 4.32. The van der Waals surface area contributed by atoms with Crippen LogP contribution in [0.1, 0.15) is 12.6 Å². The zero-order chi connectivity index (χ0) is 13.4. The number of hydrogen-bond donors (Lipinski definition) is 3. The predicted molar refractivity (Wildman–Crippen MR) is 61.3 cm³/mol. The third kappa shape index (κ3) is 4.98. The van der Waals surface area contributed by atoms with Crippen LogP contribution in [0, 0.1) is 11.8 Å². The van der Waals surface area contributed by atoms with Crippen LogP contribution >= 0.6 is 0 Å². The van der Waals surface area contributed by atoms with Gasteiger partial charge < -0.3 is 15.7 Å². The number of rotatable bonds is 5. The quantitative estimate of drug-likeness (QED) is 0.593. The van der Waals surface area contributed by atoms with Crippen LogP contribution in [0.3, 0.4) is 0 Å². The summed E-state index contributed by atoms with van der Waals surface area (Å²) in [6.07, 6.45) is 1.46. The number of aromatic nitrogens is 3. The molecule has 0 aliphatic rings. The van der Waals surface area contributed by atoms with Crippen molar-refractivity contribution in [2.45, 2.75) is 20.0 Å². The summed E-state index contributed by atoms with van der Waals surface area (Å²) in [7, 11) is 0. The summed E-state index contributed by atoms with van der Waals surface area (Å²) in [6, 6.07) is -0.370. The summed E-state index contributed by atoms with van der Waals surface area (Å²) < 4.78 is 1.18. The zero-order valence-electron chi connectivity index (χ0n) is 9.80. The minimum Gasteiger partial charge on any atom is -0.480 e. The van der Waals surface area contributed by atoms with Gasteiger partial charge in [-0.3, -0.25) is 4.79 Å². The molecule has 0 radical (unpaired) electrons. The number of carbonyl (C=O) groups excluding carboxylic acids is 1. The second-order valence-electron chi connectivity index (χ2n) is 3.26. The van der Waals surface area contributed by atoms with Crippen LogP contribution in [0.15, 0.2) is 6.20 Å². The topological polar surface area (TPSA) is 109 Å². The molecule has 0 aromatic carbocycles. The number of aliphatic carboxylic acids is 1. The van der Waals surface area contributed by atoms with E-state index in [9.17, 15) is 9.59 Å². The zero-order valence-corrected chi connectivity index (χ0v) is 9.80. The molecule has 0 fully saturated rings. The number of carboxylic acids is 1. The summed E-state index contributed by atoms with van der Waals surface area (Å²) >= 11 is 0. The summed E-state index contributed by atoms with van der Waals surface area (Å²) in [5, 5.41) is 20.9. The van der Waals surface area contributed by atoms with Crippen molar-refractivity contribution < 1.29 is 14.7 Å². The Morgan fingerprint density at radius 1 is 1.50 bits per heavy atom. The molecule has 3 N–H and O–H groups in total. The first-order valence-corrected chi connectivity index (χ1v) is 5.14. The Balaban J connectivity index is 2.33. The molecule has 0 spiro atoms. The minimum atomic E-state index is -1.00. The molecule has 0 atom stereocenters. The molecule has 96 valence electrons. The second kappa shape index (κ2) is 6.90. The van der Waals surface area contributed by atoms with Crippen molar-refractivity contribution in [3.05, 3.63) is 11.9 Å². The Hall–Kier alpha value is -2.56. The largest absolute Gasteiger partial charge is 0.480 e. The van der Waals surface area contributed by atoms with Crippen LogP contribution in [0.2, 0.25) is 0 Å². The van der Waals surface area contributed by atoms with Gasteiger partial charge in [0.2, 0.25) is 0 Å². The average molecular weight is 251 g/mol. The van der Waals surface area contributed by atoms with Crippen LogP contribution in [-0.4, -0.2) is 38.6 Å². The standard InChI is InChI=1S/C10H13N5O3/c1-2-3-4-11-10(18)12-5-8-6-15(14-13-8)7-9(16)17/h6H,4-5,7H2,1H3,(H,16,17)(H2,11,12,18). The van der Waals surface area contributed by atoms with Gasteiger partial charge in [-0.2, -0.15) is 0 Å². The minimum absolute atomic E-state index is 0.172. The van der Waals surface area contributed by atoms with Gasteiger partial charge in [0, 0.05) is 0 Å². The molecule has 18 heavy (non-hydrogen) atoms. The van der Waals surface area contributed by atoms with Crippen LogP contribution in [0.5, 0.6) is 0 Å². The molecule has 1 aromatic heterocycles. The molecule has 0 saturated carbocycles. The molecule has 2 amide bonds. The number of carboxylic acid groups (broad SMARTS) is 1. The summed E-state index contributed by atoms with van der Waals surface area (Å²) in [4.78, 5) is 21.6. The van der Waals surface area contributed by atoms with E-state index in [4.69, 9.17) is 5.11 Å². The number of hydrogen-bond acceptors (Lipinski definition) is 4. The van der Waals surface area contributed by atoms with E-state index in [1.807, 2.05) is 0 Å². The van der Waals surface area contributed by atoms with Gasteiger partial charge in [0.1, 0.15) is 12.2 Å². The van der Waals surface area contributed by atoms with Crippen molar-refractivity contribution in [3.63, 3.8) is 0 Å². The predicted octanol–water partition coefficient (Wildman–Crippen LogP) is -0.815. The fraction of sp³-hybridized carbons (Fsp3) is 0.400. The first-order valence-electron chi connectivity index (χ1n) is 5.14. The third-order valence-electron chi connectivity index (χ3n) is 1.83. The van der Waals surface area contributed by atoms with Gasteiger partial charge in [-0.05, 0) is 6.92 Å². The van der Waals surface area contributed by atoms with Crippen LogP contribution < -0.4 is 10.6 Å². The Labute approximate surface area is 103 Å². The van der Waals surface area contributed by atoms with E-state index in [-0.39, 0.29) is 25.7 Å². The highest BCUT2D eigenvalue weighted by molar-refractivity contribution is 5.74. The third-order valence-corrected chi connectivity index (χ3v) is 1.83. The van der Waals surface area contributed by atoms with Crippen molar-refractivity contribution in [3.8, 4) is 11.8 Å². The molecule has 0 bridgehead atoms. The van der Waals surface area contributed by atoms with Crippen molar-refractivity contribution in [1.29, 1.82) is 0 Å². The van der Waals surface area contributed by atoms with Gasteiger partial charge in [-0.25, -0.2) is 9.48 Å². The fourth-order valence-electron chi connectivity index (χ4n) is 1.08. The Morgan fingerprint density at radius 3 is 2.94 bits per heavy atom. The van der Waals surface area contributed by atoms with Crippen LogP contribution in [-0.2, 0) is 17.9 Å². The average Bonchev–Trinajstić information content (AvgIpc) is 2.73. The Kier molecular flexibility index (Phi) is 5.18. The maximum atomic E-state index is 11.2. The summed E-state index contributed by atoms with van der Waals surface area (Å²) in [6.45, 7) is 1.87. The van der Waals surface area contributed by atoms with E-state index in [0.29, 0.717) is 5.69 Å². The first-order chi connectivity index (χ1) is 8.61. The van der Waals surface area contributed by atoms with Crippen molar-refractivity contribution in [2.24, 2.45) is 0 Å². The molecular weight excluding hydrogens is 238 g/mol. The van der Waals surface area contributed by atoms with Crippen molar-refractivity contribution in [1.82, 2.24) is 25.6 Å². The molecule has 0 unspecified atom stereocenters. The van der Waals surface area contributed by atoms with Crippen LogP contribution in [0.25, 0.3) is 0 Å². The lowest BCUT2D eigenvalue weighted by Gasteiger charge is -2.02. The molecule has 1 rings (SSSR count). The maximum absolute atomic E-state index is 11.2. The highest BCUT2D eigenvalue weighted by Crippen LogP contribution is 1.92. The monoisotopic (exact) mass is 251 g/mol. The smallest absolute Gasteiger partial charge is 0.325 e. The second-order valence-corrected chi connectivity index (χ2v) is 3.26. The molecule has 0 saturated heterocycles. The molecule has 8 heteroatoms. The Morgan fingerprint density at radius 2 is 2.28 bits per heavy atom. The number of nitrogens with one attached hydrogen (secondary N) is 2. The fourth-order valence-corrected chi connectivity index (χ4v) is 1.08. The van der Waals surface area contributed by atoms with E-state index in [0.717, 1.165) is 0 Å².